The monoisotopic (exact) mass is 512 g/mol. The number of aliphatic imine (C=N–C) groups is 1. The second kappa shape index (κ2) is 9.73. The highest BCUT2D eigenvalue weighted by molar-refractivity contribution is 9.10. The van der Waals surface area contributed by atoms with E-state index in [1.807, 2.05) is 73.7 Å². The van der Waals surface area contributed by atoms with E-state index in [9.17, 15) is 4.79 Å². The van der Waals surface area contributed by atoms with Crippen LogP contribution < -0.4 is 10.1 Å². The first-order chi connectivity index (χ1) is 15.0. The molecule has 31 heavy (non-hydrogen) atoms. The van der Waals surface area contributed by atoms with Crippen molar-refractivity contribution in [2.45, 2.75) is 13.5 Å². The van der Waals surface area contributed by atoms with Gasteiger partial charge in [0.05, 0.1) is 10.6 Å². The number of nitrogens with zero attached hydrogens (tertiary/aromatic N) is 1. The van der Waals surface area contributed by atoms with Crippen LogP contribution in [0.25, 0.3) is 6.08 Å². The minimum absolute atomic E-state index is 0.169. The van der Waals surface area contributed by atoms with Crippen LogP contribution in [0.1, 0.15) is 16.7 Å². The zero-order valence-electron chi connectivity index (χ0n) is 16.6. The lowest BCUT2D eigenvalue weighted by molar-refractivity contribution is -0.115. The van der Waals surface area contributed by atoms with Crippen LogP contribution in [-0.2, 0) is 11.4 Å². The normalized spacial score (nSPS) is 16.0. The fourth-order valence-electron chi connectivity index (χ4n) is 2.81. The molecule has 0 radical (unpaired) electrons. The molecule has 0 unspecified atom stereocenters. The molecule has 4 rings (SSSR count). The Bertz CT molecular complexity index is 1180. The maximum absolute atomic E-state index is 12.3. The number of thioether (sulfide) groups is 1. The van der Waals surface area contributed by atoms with E-state index in [2.05, 4.69) is 26.2 Å². The first-order valence-electron chi connectivity index (χ1n) is 9.49. The SMILES string of the molecule is Cc1ccc(N=C2NC(=O)/C(=C/c3ccc(OCc4ccc(Br)cc4)cc3)S2)cc1Cl. The summed E-state index contributed by atoms with van der Waals surface area (Å²) in [5.41, 5.74) is 3.69. The molecule has 1 heterocycles. The maximum Gasteiger partial charge on any atom is 0.264 e. The van der Waals surface area contributed by atoms with Gasteiger partial charge in [-0.15, -0.1) is 0 Å². The average molecular weight is 514 g/mol. The molecular formula is C24H18BrClN2O2S. The van der Waals surface area contributed by atoms with Gasteiger partial charge in [-0.1, -0.05) is 57.9 Å². The molecule has 1 fully saturated rings. The van der Waals surface area contributed by atoms with Crippen LogP contribution in [0.4, 0.5) is 5.69 Å². The van der Waals surface area contributed by atoms with Crippen LogP contribution in [0.15, 0.2) is 81.1 Å². The van der Waals surface area contributed by atoms with Crippen molar-refractivity contribution in [2.75, 3.05) is 0 Å². The van der Waals surface area contributed by atoms with E-state index >= 15 is 0 Å². The molecule has 1 amide bonds. The molecule has 156 valence electrons. The Morgan fingerprint density at radius 1 is 1.10 bits per heavy atom. The number of amides is 1. The number of rotatable bonds is 5. The molecule has 1 N–H and O–H groups in total. The molecule has 3 aromatic rings. The number of amidine groups is 1. The van der Waals surface area contributed by atoms with Gasteiger partial charge in [-0.05, 0) is 77.9 Å². The predicted molar refractivity (Wildman–Crippen MR) is 132 cm³/mol. The summed E-state index contributed by atoms with van der Waals surface area (Å²) in [6.45, 7) is 2.43. The minimum Gasteiger partial charge on any atom is -0.489 e. The molecule has 4 nitrogen and oxygen atoms in total. The van der Waals surface area contributed by atoms with E-state index in [1.54, 1.807) is 6.07 Å². The second-order valence-electron chi connectivity index (χ2n) is 6.90. The van der Waals surface area contributed by atoms with Crippen LogP contribution in [0.5, 0.6) is 5.75 Å². The van der Waals surface area contributed by atoms with Crippen LogP contribution in [-0.4, -0.2) is 11.1 Å². The number of nitrogens with one attached hydrogen (secondary N) is 1. The third kappa shape index (κ3) is 5.79. The van der Waals surface area contributed by atoms with Crippen molar-refractivity contribution in [1.29, 1.82) is 0 Å². The molecule has 0 atom stereocenters. The maximum atomic E-state index is 12.3. The summed E-state index contributed by atoms with van der Waals surface area (Å²) >= 11 is 10.9. The highest BCUT2D eigenvalue weighted by Crippen LogP contribution is 2.30. The van der Waals surface area contributed by atoms with Crippen molar-refractivity contribution in [1.82, 2.24) is 5.32 Å². The molecule has 1 aliphatic heterocycles. The Balaban J connectivity index is 1.41. The van der Waals surface area contributed by atoms with Gasteiger partial charge in [0.15, 0.2) is 5.17 Å². The van der Waals surface area contributed by atoms with E-state index in [0.717, 1.165) is 26.9 Å². The summed E-state index contributed by atoms with van der Waals surface area (Å²) in [5.74, 6) is 0.602. The summed E-state index contributed by atoms with van der Waals surface area (Å²) in [5, 5.41) is 3.98. The van der Waals surface area contributed by atoms with Crippen LogP contribution >= 0.6 is 39.3 Å². The van der Waals surface area contributed by atoms with Crippen molar-refractivity contribution in [2.24, 2.45) is 4.99 Å². The first kappa shape index (κ1) is 21.7. The molecule has 7 heteroatoms. The van der Waals surface area contributed by atoms with Gasteiger partial charge in [-0.2, -0.15) is 0 Å². The standard InChI is InChI=1S/C24H18BrClN2O2S/c1-15-2-9-19(13-21(15)26)27-24-28-23(29)22(31-24)12-16-5-10-20(11-6-16)30-14-17-3-7-18(25)8-4-17/h2-13H,14H2,1H3,(H,27,28,29)/b22-12-. The van der Waals surface area contributed by atoms with Crippen LogP contribution in [0.2, 0.25) is 5.02 Å². The molecule has 0 aliphatic carbocycles. The van der Waals surface area contributed by atoms with Gasteiger partial charge >= 0.3 is 0 Å². The fourth-order valence-corrected chi connectivity index (χ4v) is 4.09. The third-order valence-electron chi connectivity index (χ3n) is 4.53. The third-order valence-corrected chi connectivity index (χ3v) is 6.38. The Morgan fingerprint density at radius 3 is 2.55 bits per heavy atom. The number of hydrogen-bond acceptors (Lipinski definition) is 4. The molecule has 0 aromatic heterocycles. The number of halogens is 2. The van der Waals surface area contributed by atoms with E-state index in [1.165, 1.54) is 11.8 Å². The van der Waals surface area contributed by atoms with E-state index in [0.29, 0.717) is 27.4 Å². The van der Waals surface area contributed by atoms with Crippen molar-refractivity contribution < 1.29 is 9.53 Å². The zero-order valence-corrected chi connectivity index (χ0v) is 19.7. The molecule has 0 saturated carbocycles. The molecule has 1 saturated heterocycles. The lowest BCUT2D eigenvalue weighted by Crippen LogP contribution is -2.19. The van der Waals surface area contributed by atoms with Gasteiger partial charge in [0.25, 0.3) is 5.91 Å². The topological polar surface area (TPSA) is 50.7 Å². The number of carbonyl (C=O) groups excluding carboxylic acids is 1. The Labute approximate surface area is 198 Å². The van der Waals surface area contributed by atoms with Gasteiger partial charge in [0.1, 0.15) is 12.4 Å². The number of carbonyl (C=O) groups is 1. The largest absolute Gasteiger partial charge is 0.489 e. The van der Waals surface area contributed by atoms with Gasteiger partial charge in [-0.25, -0.2) is 4.99 Å². The van der Waals surface area contributed by atoms with Gasteiger partial charge in [-0.3, -0.25) is 4.79 Å². The molecule has 0 bridgehead atoms. The number of aryl methyl sites for hydroxylation is 1. The molecular weight excluding hydrogens is 496 g/mol. The lowest BCUT2D eigenvalue weighted by Gasteiger charge is -2.07. The first-order valence-corrected chi connectivity index (χ1v) is 11.5. The van der Waals surface area contributed by atoms with Gasteiger partial charge < -0.3 is 10.1 Å². The highest BCUT2D eigenvalue weighted by Gasteiger charge is 2.23. The summed E-state index contributed by atoms with van der Waals surface area (Å²) in [4.78, 5) is 17.4. The summed E-state index contributed by atoms with van der Waals surface area (Å²) in [6, 6.07) is 21.2. The van der Waals surface area contributed by atoms with Gasteiger partial charge in [0, 0.05) is 9.50 Å². The van der Waals surface area contributed by atoms with Crippen molar-refractivity contribution in [3.63, 3.8) is 0 Å². The summed E-state index contributed by atoms with van der Waals surface area (Å²) < 4.78 is 6.87. The average Bonchev–Trinajstić information content (AvgIpc) is 3.10. The van der Waals surface area contributed by atoms with Crippen molar-refractivity contribution in [3.8, 4) is 5.75 Å². The van der Waals surface area contributed by atoms with Crippen molar-refractivity contribution >= 4 is 62.1 Å². The van der Waals surface area contributed by atoms with E-state index in [-0.39, 0.29) is 5.91 Å². The van der Waals surface area contributed by atoms with Crippen LogP contribution in [0, 0.1) is 6.92 Å². The Hall–Kier alpha value is -2.54. The summed E-state index contributed by atoms with van der Waals surface area (Å²) in [6.07, 6.45) is 1.84. The Morgan fingerprint density at radius 2 is 1.84 bits per heavy atom. The lowest BCUT2D eigenvalue weighted by atomic mass is 10.2. The van der Waals surface area contributed by atoms with E-state index in [4.69, 9.17) is 16.3 Å². The van der Waals surface area contributed by atoms with Crippen molar-refractivity contribution in [3.05, 3.63) is 97.8 Å². The minimum atomic E-state index is -0.169. The Kier molecular flexibility index (Phi) is 6.80. The van der Waals surface area contributed by atoms with Gasteiger partial charge in [0.2, 0.25) is 0 Å². The second-order valence-corrected chi connectivity index (χ2v) is 9.25. The summed E-state index contributed by atoms with van der Waals surface area (Å²) in [7, 11) is 0. The number of benzene rings is 3. The molecule has 1 aliphatic rings. The highest BCUT2D eigenvalue weighted by atomic mass is 79.9. The smallest absolute Gasteiger partial charge is 0.264 e. The molecule has 3 aromatic carbocycles. The molecule has 0 spiro atoms. The zero-order chi connectivity index (χ0) is 21.8. The van der Waals surface area contributed by atoms with E-state index < -0.39 is 0 Å². The van der Waals surface area contributed by atoms with Crippen LogP contribution in [0.3, 0.4) is 0 Å². The number of hydrogen-bond donors (Lipinski definition) is 1. The predicted octanol–water partition coefficient (Wildman–Crippen LogP) is 6.88. The quantitative estimate of drug-likeness (QED) is 0.378. The number of ether oxygens (including phenoxy) is 1. The fraction of sp³-hybridized carbons (Fsp3) is 0.0833.